The lowest BCUT2D eigenvalue weighted by Crippen LogP contribution is -2.44. The molecule has 1 saturated heterocycles. The number of aryl methyl sites for hydroxylation is 3. The summed E-state index contributed by atoms with van der Waals surface area (Å²) in [7, 11) is -2.88. The molecule has 1 unspecified atom stereocenters. The Balaban J connectivity index is 0.00000312. The van der Waals surface area contributed by atoms with Gasteiger partial charge in [0.05, 0.1) is 11.5 Å². The van der Waals surface area contributed by atoms with Crippen molar-refractivity contribution in [2.75, 3.05) is 24.6 Å². The highest BCUT2D eigenvalue weighted by atomic mass is 127. The fraction of sp³-hybridized carbons (Fsp3) is 0.611. The molecule has 0 saturated carbocycles. The number of nitrogens with zero attached hydrogens (tertiary/aromatic N) is 1. The van der Waals surface area contributed by atoms with Crippen LogP contribution in [0, 0.1) is 20.8 Å². The van der Waals surface area contributed by atoms with Crippen molar-refractivity contribution >= 4 is 39.8 Å². The number of aliphatic imine (C=N–C) groups is 1. The number of halogens is 1. The maximum Gasteiger partial charge on any atom is 0.191 e. The lowest BCUT2D eigenvalue weighted by Gasteiger charge is -2.16. The van der Waals surface area contributed by atoms with E-state index in [-0.39, 0.29) is 41.5 Å². The van der Waals surface area contributed by atoms with E-state index in [4.69, 9.17) is 0 Å². The number of hydrogen-bond acceptors (Lipinski definition) is 3. The van der Waals surface area contributed by atoms with E-state index in [2.05, 4.69) is 48.5 Å². The molecular weight excluding hydrogens is 449 g/mol. The van der Waals surface area contributed by atoms with Gasteiger partial charge in [-0.3, -0.25) is 4.99 Å². The van der Waals surface area contributed by atoms with Gasteiger partial charge in [0, 0.05) is 19.1 Å². The Morgan fingerprint density at radius 1 is 1.24 bits per heavy atom. The van der Waals surface area contributed by atoms with Gasteiger partial charge in [-0.1, -0.05) is 17.7 Å². The molecule has 5 nitrogen and oxygen atoms in total. The second kappa shape index (κ2) is 9.75. The largest absolute Gasteiger partial charge is 0.357 e. The van der Waals surface area contributed by atoms with Crippen LogP contribution in [0.1, 0.15) is 35.6 Å². The Bertz CT molecular complexity index is 694. The van der Waals surface area contributed by atoms with Crippen LogP contribution in [0.5, 0.6) is 0 Å². The maximum atomic E-state index is 11.6. The molecule has 142 valence electrons. The van der Waals surface area contributed by atoms with Gasteiger partial charge in [0.2, 0.25) is 0 Å². The monoisotopic (exact) mass is 479 g/mol. The first kappa shape index (κ1) is 22.2. The minimum Gasteiger partial charge on any atom is -0.357 e. The van der Waals surface area contributed by atoms with Crippen molar-refractivity contribution in [1.82, 2.24) is 10.6 Å². The van der Waals surface area contributed by atoms with Crippen molar-refractivity contribution in [3.05, 3.63) is 34.4 Å². The molecule has 0 radical (unpaired) electrons. The lowest BCUT2D eigenvalue weighted by atomic mass is 9.97. The van der Waals surface area contributed by atoms with Crippen LogP contribution >= 0.6 is 24.0 Å². The summed E-state index contributed by atoms with van der Waals surface area (Å²) in [5.41, 5.74) is 5.25. The molecular formula is C18H30IN3O2S. The first-order valence-electron chi connectivity index (χ1n) is 8.62. The topological polar surface area (TPSA) is 70.6 Å². The van der Waals surface area contributed by atoms with Gasteiger partial charge in [-0.2, -0.15) is 0 Å². The quantitative estimate of drug-likeness (QED) is 0.387. The Morgan fingerprint density at radius 2 is 1.88 bits per heavy atom. The molecule has 1 aliphatic heterocycles. The average molecular weight is 479 g/mol. The van der Waals surface area contributed by atoms with Crippen LogP contribution in [0.25, 0.3) is 0 Å². The molecule has 25 heavy (non-hydrogen) atoms. The molecule has 1 aromatic rings. The summed E-state index contributed by atoms with van der Waals surface area (Å²) in [5, 5.41) is 6.46. The van der Waals surface area contributed by atoms with Crippen LogP contribution in [-0.2, 0) is 16.3 Å². The minimum absolute atomic E-state index is 0. The summed E-state index contributed by atoms with van der Waals surface area (Å²) < 4.78 is 23.2. The molecule has 0 amide bonds. The highest BCUT2D eigenvalue weighted by Crippen LogP contribution is 2.17. The molecule has 2 rings (SSSR count). The zero-order valence-corrected chi connectivity index (χ0v) is 18.7. The second-order valence-corrected chi connectivity index (χ2v) is 8.86. The summed E-state index contributed by atoms with van der Waals surface area (Å²) >= 11 is 0. The minimum atomic E-state index is -2.88. The summed E-state index contributed by atoms with van der Waals surface area (Å²) in [5.74, 6) is 1.18. The molecule has 1 aromatic carbocycles. The molecule has 0 spiro atoms. The van der Waals surface area contributed by atoms with Crippen molar-refractivity contribution in [3.8, 4) is 0 Å². The van der Waals surface area contributed by atoms with E-state index in [9.17, 15) is 8.42 Å². The van der Waals surface area contributed by atoms with E-state index in [1.54, 1.807) is 0 Å². The Hall–Kier alpha value is -0.830. The molecule has 1 aliphatic rings. The third-order valence-electron chi connectivity index (χ3n) is 4.39. The lowest BCUT2D eigenvalue weighted by molar-refractivity contribution is 0.599. The van der Waals surface area contributed by atoms with Crippen molar-refractivity contribution in [2.24, 2.45) is 4.99 Å². The standard InChI is InChI=1S/C18H29N3O2S.HI/c1-5-19-18(21-16-7-9-24(22,23)12-16)20-8-6-17-14(3)10-13(2)11-15(17)4;/h10-11,16H,5-9,12H2,1-4H3,(H2,19,20,21);1H. The van der Waals surface area contributed by atoms with E-state index in [0.717, 1.165) is 13.0 Å². The van der Waals surface area contributed by atoms with Crippen LogP contribution in [0.4, 0.5) is 0 Å². The summed E-state index contributed by atoms with van der Waals surface area (Å²) in [6.07, 6.45) is 1.54. The summed E-state index contributed by atoms with van der Waals surface area (Å²) in [6.45, 7) is 9.85. The van der Waals surface area contributed by atoms with E-state index >= 15 is 0 Å². The zero-order valence-electron chi connectivity index (χ0n) is 15.6. The van der Waals surface area contributed by atoms with Crippen LogP contribution in [0.2, 0.25) is 0 Å². The number of sulfone groups is 1. The molecule has 1 heterocycles. The predicted octanol–water partition coefficient (Wildman–Crippen LogP) is 2.51. The van der Waals surface area contributed by atoms with Crippen LogP contribution in [-0.4, -0.2) is 45.0 Å². The van der Waals surface area contributed by atoms with Crippen molar-refractivity contribution in [3.63, 3.8) is 0 Å². The second-order valence-electron chi connectivity index (χ2n) is 6.63. The van der Waals surface area contributed by atoms with Crippen molar-refractivity contribution in [1.29, 1.82) is 0 Å². The van der Waals surface area contributed by atoms with Gasteiger partial charge >= 0.3 is 0 Å². The van der Waals surface area contributed by atoms with Gasteiger partial charge in [-0.15, -0.1) is 24.0 Å². The SMILES string of the molecule is CCNC(=NCCc1c(C)cc(C)cc1C)NC1CCS(=O)(=O)C1.I. The van der Waals surface area contributed by atoms with Crippen molar-refractivity contribution in [2.45, 2.75) is 46.6 Å². The molecule has 1 fully saturated rings. The molecule has 7 heteroatoms. The Morgan fingerprint density at radius 3 is 2.40 bits per heavy atom. The Kier molecular flexibility index (Phi) is 8.67. The van der Waals surface area contributed by atoms with E-state index in [1.165, 1.54) is 22.3 Å². The molecule has 2 N–H and O–H groups in total. The highest BCUT2D eigenvalue weighted by molar-refractivity contribution is 14.0. The summed E-state index contributed by atoms with van der Waals surface area (Å²) in [6, 6.07) is 4.38. The first-order chi connectivity index (χ1) is 11.3. The normalized spacial score (nSPS) is 19.4. The van der Waals surface area contributed by atoms with Crippen molar-refractivity contribution < 1.29 is 8.42 Å². The number of hydrogen-bond donors (Lipinski definition) is 2. The van der Waals surface area contributed by atoms with Gasteiger partial charge in [-0.25, -0.2) is 8.42 Å². The number of rotatable bonds is 5. The predicted molar refractivity (Wildman–Crippen MR) is 116 cm³/mol. The molecule has 0 aromatic heterocycles. The van der Waals surface area contributed by atoms with Gasteiger partial charge in [0.25, 0.3) is 0 Å². The fourth-order valence-corrected chi connectivity index (χ4v) is 4.98. The van der Waals surface area contributed by atoms with Gasteiger partial charge in [0.15, 0.2) is 15.8 Å². The van der Waals surface area contributed by atoms with E-state index < -0.39 is 9.84 Å². The maximum absolute atomic E-state index is 11.6. The van der Waals surface area contributed by atoms with Crippen LogP contribution in [0.3, 0.4) is 0 Å². The fourth-order valence-electron chi connectivity index (χ4n) is 3.31. The van der Waals surface area contributed by atoms with Crippen LogP contribution in [0.15, 0.2) is 17.1 Å². The number of nitrogens with one attached hydrogen (secondary N) is 2. The molecule has 0 bridgehead atoms. The van der Waals surface area contributed by atoms with Gasteiger partial charge in [0.1, 0.15) is 0 Å². The average Bonchev–Trinajstić information content (AvgIpc) is 2.80. The smallest absolute Gasteiger partial charge is 0.191 e. The molecule has 1 atom stereocenters. The number of benzene rings is 1. The van der Waals surface area contributed by atoms with Gasteiger partial charge in [-0.05, 0) is 57.2 Å². The summed E-state index contributed by atoms with van der Waals surface area (Å²) in [4.78, 5) is 4.62. The van der Waals surface area contributed by atoms with E-state index in [0.29, 0.717) is 18.9 Å². The third kappa shape index (κ3) is 6.77. The number of guanidine groups is 1. The van der Waals surface area contributed by atoms with E-state index in [1.807, 2.05) is 6.92 Å². The third-order valence-corrected chi connectivity index (χ3v) is 6.16. The van der Waals surface area contributed by atoms with Gasteiger partial charge < -0.3 is 10.6 Å². The molecule has 0 aliphatic carbocycles. The van der Waals surface area contributed by atoms with Crippen LogP contribution < -0.4 is 10.6 Å². The highest BCUT2D eigenvalue weighted by Gasteiger charge is 2.28. The first-order valence-corrected chi connectivity index (χ1v) is 10.4. The zero-order chi connectivity index (χ0) is 17.7. The Labute approximate surface area is 169 Å².